The minimum absolute atomic E-state index is 0.0333. The van der Waals surface area contributed by atoms with Crippen LogP contribution in [0.5, 0.6) is 0 Å². The molecule has 0 spiro atoms. The zero-order valence-electron chi connectivity index (χ0n) is 15.4. The van der Waals surface area contributed by atoms with E-state index in [1.807, 2.05) is 19.1 Å². The SMILES string of the molecule is Cc1ccc(NC(=O)c2ccc(C(=O)Nc3cccc(C(F)(F)F)c3)cc2)cc1. The lowest BCUT2D eigenvalue weighted by atomic mass is 10.1. The Morgan fingerprint density at radius 3 is 1.76 bits per heavy atom. The average Bonchev–Trinajstić information content (AvgIpc) is 2.69. The molecule has 0 aliphatic heterocycles. The van der Waals surface area contributed by atoms with Crippen LogP contribution in [0.3, 0.4) is 0 Å². The maximum Gasteiger partial charge on any atom is 0.416 e. The fourth-order valence-corrected chi connectivity index (χ4v) is 2.59. The molecule has 0 heterocycles. The third-order valence-electron chi connectivity index (χ3n) is 4.17. The van der Waals surface area contributed by atoms with E-state index in [9.17, 15) is 22.8 Å². The summed E-state index contributed by atoms with van der Waals surface area (Å²) in [5.74, 6) is -0.909. The van der Waals surface area contributed by atoms with Gasteiger partial charge in [0.2, 0.25) is 0 Å². The molecule has 148 valence electrons. The molecule has 0 unspecified atom stereocenters. The summed E-state index contributed by atoms with van der Waals surface area (Å²) < 4.78 is 38.3. The highest BCUT2D eigenvalue weighted by atomic mass is 19.4. The number of nitrogens with one attached hydrogen (secondary N) is 2. The van der Waals surface area contributed by atoms with Crippen LogP contribution >= 0.6 is 0 Å². The van der Waals surface area contributed by atoms with Crippen molar-refractivity contribution in [1.29, 1.82) is 0 Å². The number of amides is 2. The first-order valence-corrected chi connectivity index (χ1v) is 8.69. The quantitative estimate of drug-likeness (QED) is 0.608. The third kappa shape index (κ3) is 5.22. The number of aryl methyl sites for hydroxylation is 1. The third-order valence-corrected chi connectivity index (χ3v) is 4.17. The van der Waals surface area contributed by atoms with Gasteiger partial charge < -0.3 is 10.6 Å². The summed E-state index contributed by atoms with van der Waals surface area (Å²) >= 11 is 0. The number of benzene rings is 3. The molecule has 3 rings (SSSR count). The number of carbonyl (C=O) groups is 2. The molecule has 0 aliphatic rings. The van der Waals surface area contributed by atoms with Gasteiger partial charge in [-0.25, -0.2) is 0 Å². The van der Waals surface area contributed by atoms with Crippen LogP contribution in [0.2, 0.25) is 0 Å². The first-order valence-electron chi connectivity index (χ1n) is 8.69. The second-order valence-electron chi connectivity index (χ2n) is 6.43. The van der Waals surface area contributed by atoms with Gasteiger partial charge in [0.1, 0.15) is 0 Å². The van der Waals surface area contributed by atoms with E-state index in [-0.39, 0.29) is 17.2 Å². The van der Waals surface area contributed by atoms with Gasteiger partial charge in [0.25, 0.3) is 11.8 Å². The van der Waals surface area contributed by atoms with E-state index >= 15 is 0 Å². The molecule has 0 atom stereocenters. The maximum atomic E-state index is 12.8. The predicted molar refractivity (Wildman–Crippen MR) is 105 cm³/mol. The fraction of sp³-hybridized carbons (Fsp3) is 0.0909. The van der Waals surface area contributed by atoms with Gasteiger partial charge in [-0.3, -0.25) is 9.59 Å². The predicted octanol–water partition coefficient (Wildman–Crippen LogP) is 5.52. The number of rotatable bonds is 4. The molecule has 3 aromatic rings. The van der Waals surface area contributed by atoms with E-state index in [2.05, 4.69) is 10.6 Å². The molecule has 3 aromatic carbocycles. The van der Waals surface area contributed by atoms with Crippen LogP contribution in [0.25, 0.3) is 0 Å². The molecular formula is C22H17F3N2O2. The van der Waals surface area contributed by atoms with Gasteiger partial charge in [0, 0.05) is 22.5 Å². The molecule has 0 aliphatic carbocycles. The van der Waals surface area contributed by atoms with E-state index in [1.165, 1.54) is 36.4 Å². The number of hydrogen-bond acceptors (Lipinski definition) is 2. The zero-order chi connectivity index (χ0) is 21.0. The van der Waals surface area contributed by atoms with E-state index in [1.54, 1.807) is 12.1 Å². The highest BCUT2D eigenvalue weighted by Crippen LogP contribution is 2.30. The molecule has 0 saturated carbocycles. The Labute approximate surface area is 165 Å². The van der Waals surface area contributed by atoms with Crippen molar-refractivity contribution in [2.24, 2.45) is 0 Å². The van der Waals surface area contributed by atoms with Gasteiger partial charge in [-0.05, 0) is 61.5 Å². The largest absolute Gasteiger partial charge is 0.416 e. The van der Waals surface area contributed by atoms with E-state index < -0.39 is 17.6 Å². The van der Waals surface area contributed by atoms with Crippen molar-refractivity contribution in [3.05, 3.63) is 95.1 Å². The number of alkyl halides is 3. The van der Waals surface area contributed by atoms with Crippen molar-refractivity contribution in [3.8, 4) is 0 Å². The molecule has 2 N–H and O–H groups in total. The average molecular weight is 398 g/mol. The molecule has 4 nitrogen and oxygen atoms in total. The molecule has 2 amide bonds. The smallest absolute Gasteiger partial charge is 0.322 e. The molecule has 0 fully saturated rings. The van der Waals surface area contributed by atoms with Gasteiger partial charge in [-0.2, -0.15) is 13.2 Å². The van der Waals surface area contributed by atoms with Crippen LogP contribution in [0.4, 0.5) is 24.5 Å². The summed E-state index contributed by atoms with van der Waals surface area (Å²) in [6, 6.07) is 17.5. The number of anilines is 2. The Bertz CT molecular complexity index is 1030. The van der Waals surface area contributed by atoms with Crippen molar-refractivity contribution in [1.82, 2.24) is 0 Å². The second kappa shape index (κ2) is 8.18. The van der Waals surface area contributed by atoms with E-state index in [0.29, 0.717) is 11.3 Å². The summed E-state index contributed by atoms with van der Waals surface area (Å²) in [7, 11) is 0. The normalized spacial score (nSPS) is 11.0. The summed E-state index contributed by atoms with van der Waals surface area (Å²) in [6.45, 7) is 1.94. The molecule has 0 aromatic heterocycles. The summed E-state index contributed by atoms with van der Waals surface area (Å²) in [4.78, 5) is 24.6. The van der Waals surface area contributed by atoms with Crippen molar-refractivity contribution >= 4 is 23.2 Å². The summed E-state index contributed by atoms with van der Waals surface area (Å²) in [5.41, 5.74) is 1.46. The van der Waals surface area contributed by atoms with Crippen LogP contribution < -0.4 is 10.6 Å². The van der Waals surface area contributed by atoms with Gasteiger partial charge in [-0.1, -0.05) is 23.8 Å². The molecular weight excluding hydrogens is 381 g/mol. The van der Waals surface area contributed by atoms with Crippen molar-refractivity contribution in [2.45, 2.75) is 13.1 Å². The Balaban J connectivity index is 1.67. The number of hydrogen-bond donors (Lipinski definition) is 2. The van der Waals surface area contributed by atoms with Crippen molar-refractivity contribution in [3.63, 3.8) is 0 Å². The fourth-order valence-electron chi connectivity index (χ4n) is 2.59. The summed E-state index contributed by atoms with van der Waals surface area (Å²) in [5, 5.41) is 5.17. The minimum Gasteiger partial charge on any atom is -0.322 e. The van der Waals surface area contributed by atoms with Crippen LogP contribution in [0, 0.1) is 6.92 Å². The molecule has 0 saturated heterocycles. The van der Waals surface area contributed by atoms with Gasteiger partial charge in [0.05, 0.1) is 5.56 Å². The highest BCUT2D eigenvalue weighted by Gasteiger charge is 2.30. The van der Waals surface area contributed by atoms with Crippen LogP contribution in [-0.4, -0.2) is 11.8 Å². The van der Waals surface area contributed by atoms with Crippen molar-refractivity contribution < 1.29 is 22.8 Å². The van der Waals surface area contributed by atoms with Crippen LogP contribution in [0.15, 0.2) is 72.8 Å². The Morgan fingerprint density at radius 2 is 1.24 bits per heavy atom. The van der Waals surface area contributed by atoms with Gasteiger partial charge in [-0.15, -0.1) is 0 Å². The first-order chi connectivity index (χ1) is 13.7. The molecule has 29 heavy (non-hydrogen) atoms. The number of carbonyl (C=O) groups excluding carboxylic acids is 2. The monoisotopic (exact) mass is 398 g/mol. The second-order valence-corrected chi connectivity index (χ2v) is 6.43. The van der Waals surface area contributed by atoms with Gasteiger partial charge >= 0.3 is 6.18 Å². The highest BCUT2D eigenvalue weighted by molar-refractivity contribution is 6.07. The Morgan fingerprint density at radius 1 is 0.724 bits per heavy atom. The van der Waals surface area contributed by atoms with E-state index in [4.69, 9.17) is 0 Å². The lowest BCUT2D eigenvalue weighted by molar-refractivity contribution is -0.137. The molecule has 0 radical (unpaired) electrons. The topological polar surface area (TPSA) is 58.2 Å². The van der Waals surface area contributed by atoms with Gasteiger partial charge in [0.15, 0.2) is 0 Å². The Kier molecular flexibility index (Phi) is 5.68. The van der Waals surface area contributed by atoms with Crippen LogP contribution in [-0.2, 0) is 6.18 Å². The van der Waals surface area contributed by atoms with Crippen molar-refractivity contribution in [2.75, 3.05) is 10.6 Å². The standard InChI is InChI=1S/C22H17F3N2O2/c1-14-5-11-18(12-6-14)26-20(28)15-7-9-16(10-8-15)21(29)27-19-4-2-3-17(13-19)22(23,24)25/h2-13H,1H3,(H,26,28)(H,27,29). The zero-order valence-corrected chi connectivity index (χ0v) is 15.4. The lowest BCUT2D eigenvalue weighted by Gasteiger charge is -2.10. The van der Waals surface area contributed by atoms with E-state index in [0.717, 1.165) is 17.7 Å². The van der Waals surface area contributed by atoms with Crippen LogP contribution in [0.1, 0.15) is 31.8 Å². The lowest BCUT2D eigenvalue weighted by Crippen LogP contribution is -2.15. The molecule has 7 heteroatoms. The Hall–Kier alpha value is -3.61. The minimum atomic E-state index is -4.49. The number of halogens is 3. The first kappa shape index (κ1) is 20.1. The summed E-state index contributed by atoms with van der Waals surface area (Å²) in [6.07, 6.45) is -4.49. The molecule has 0 bridgehead atoms. The maximum absolute atomic E-state index is 12.8.